The number of alkyl halides is 1. The minimum Gasteiger partial charge on any atom is -0.375 e. The first kappa shape index (κ1) is 13.8. The van der Waals surface area contributed by atoms with Crippen LogP contribution in [0.3, 0.4) is 0 Å². The van der Waals surface area contributed by atoms with E-state index in [2.05, 4.69) is 0 Å². The Morgan fingerprint density at radius 1 is 1.33 bits per heavy atom. The summed E-state index contributed by atoms with van der Waals surface area (Å²) in [5, 5.41) is 0. The molecule has 1 aromatic carbocycles. The Morgan fingerprint density at radius 2 is 2.00 bits per heavy atom. The summed E-state index contributed by atoms with van der Waals surface area (Å²) in [7, 11) is 1.68. The maximum atomic E-state index is 11.9. The first-order valence-corrected chi connectivity index (χ1v) is 8.04. The zero-order valence-corrected chi connectivity index (χ0v) is 11.3. The Labute approximate surface area is 110 Å². The molecule has 0 amide bonds. The summed E-state index contributed by atoms with van der Waals surface area (Å²) in [5.41, 5.74) is 0.729. The van der Waals surface area contributed by atoms with E-state index in [0.29, 0.717) is 12.8 Å². The SMILES string of the molecule is O=S(=O)(Cl)c1ccccc1C1CC(OCCF)C1. The number of halogens is 2. The van der Waals surface area contributed by atoms with Gasteiger partial charge in [-0.1, -0.05) is 18.2 Å². The fourth-order valence-electron chi connectivity index (χ4n) is 2.21. The van der Waals surface area contributed by atoms with Gasteiger partial charge in [0.2, 0.25) is 0 Å². The average molecular weight is 293 g/mol. The van der Waals surface area contributed by atoms with Crippen molar-refractivity contribution in [2.75, 3.05) is 13.3 Å². The number of hydrogen-bond acceptors (Lipinski definition) is 3. The summed E-state index contributed by atoms with van der Waals surface area (Å²) in [6.45, 7) is -0.388. The number of hydrogen-bond donors (Lipinski definition) is 0. The van der Waals surface area contributed by atoms with Gasteiger partial charge in [-0.3, -0.25) is 0 Å². The number of ether oxygens (including phenoxy) is 1. The highest BCUT2D eigenvalue weighted by atomic mass is 35.7. The smallest absolute Gasteiger partial charge is 0.261 e. The predicted octanol–water partition coefficient (Wildman–Crippen LogP) is 2.85. The molecule has 0 bridgehead atoms. The van der Waals surface area contributed by atoms with Crippen LogP contribution in [0.5, 0.6) is 0 Å². The Morgan fingerprint density at radius 3 is 2.61 bits per heavy atom. The van der Waals surface area contributed by atoms with Gasteiger partial charge in [-0.05, 0) is 30.4 Å². The lowest BCUT2D eigenvalue weighted by Crippen LogP contribution is -2.31. The average Bonchev–Trinajstić information content (AvgIpc) is 2.26. The van der Waals surface area contributed by atoms with E-state index in [-0.39, 0.29) is 23.5 Å². The van der Waals surface area contributed by atoms with Crippen LogP contribution in [0.4, 0.5) is 4.39 Å². The van der Waals surface area contributed by atoms with Gasteiger partial charge < -0.3 is 4.74 Å². The van der Waals surface area contributed by atoms with E-state index in [1.807, 2.05) is 0 Å². The first-order valence-electron chi connectivity index (χ1n) is 5.73. The molecule has 6 heteroatoms. The summed E-state index contributed by atoms with van der Waals surface area (Å²) < 4.78 is 40.1. The normalized spacial score (nSPS) is 23.7. The van der Waals surface area contributed by atoms with Crippen molar-refractivity contribution in [3.05, 3.63) is 29.8 Å². The fourth-order valence-corrected chi connectivity index (χ4v) is 3.39. The van der Waals surface area contributed by atoms with E-state index in [9.17, 15) is 12.8 Å². The molecule has 1 aliphatic carbocycles. The Kier molecular flexibility index (Phi) is 4.25. The van der Waals surface area contributed by atoms with Gasteiger partial charge in [-0.2, -0.15) is 0 Å². The van der Waals surface area contributed by atoms with Crippen LogP contribution in [0.15, 0.2) is 29.2 Å². The molecule has 1 aliphatic rings. The molecule has 0 atom stereocenters. The zero-order valence-electron chi connectivity index (χ0n) is 9.68. The molecule has 1 saturated carbocycles. The van der Waals surface area contributed by atoms with Crippen LogP contribution in [0.2, 0.25) is 0 Å². The van der Waals surface area contributed by atoms with E-state index in [0.717, 1.165) is 5.56 Å². The van der Waals surface area contributed by atoms with Crippen LogP contribution in [0.1, 0.15) is 24.3 Å². The van der Waals surface area contributed by atoms with Crippen LogP contribution < -0.4 is 0 Å². The third-order valence-corrected chi connectivity index (χ3v) is 4.54. The highest BCUT2D eigenvalue weighted by molar-refractivity contribution is 8.13. The molecule has 1 aromatic rings. The topological polar surface area (TPSA) is 43.4 Å². The third-order valence-electron chi connectivity index (χ3n) is 3.15. The lowest BCUT2D eigenvalue weighted by atomic mass is 9.77. The van der Waals surface area contributed by atoms with Gasteiger partial charge in [0.25, 0.3) is 9.05 Å². The zero-order chi connectivity index (χ0) is 13.2. The van der Waals surface area contributed by atoms with Crippen LogP contribution in [0, 0.1) is 0 Å². The van der Waals surface area contributed by atoms with Gasteiger partial charge in [0.1, 0.15) is 6.67 Å². The van der Waals surface area contributed by atoms with E-state index in [1.54, 1.807) is 18.2 Å². The van der Waals surface area contributed by atoms with Crippen LogP contribution in [-0.4, -0.2) is 27.8 Å². The summed E-state index contributed by atoms with van der Waals surface area (Å²) in [6.07, 6.45) is 1.45. The van der Waals surface area contributed by atoms with Crippen molar-refractivity contribution in [3.63, 3.8) is 0 Å². The molecular weight excluding hydrogens is 279 g/mol. The lowest BCUT2D eigenvalue weighted by Gasteiger charge is -2.35. The fraction of sp³-hybridized carbons (Fsp3) is 0.500. The van der Waals surface area contributed by atoms with Crippen molar-refractivity contribution >= 4 is 19.7 Å². The summed E-state index contributed by atoms with van der Waals surface area (Å²) >= 11 is 0. The molecule has 0 aliphatic heterocycles. The molecule has 0 saturated heterocycles. The van der Waals surface area contributed by atoms with E-state index in [1.165, 1.54) is 6.07 Å². The van der Waals surface area contributed by atoms with Crippen LogP contribution >= 0.6 is 10.7 Å². The highest BCUT2D eigenvalue weighted by Crippen LogP contribution is 2.41. The molecule has 1 fully saturated rings. The maximum absolute atomic E-state index is 11.9. The predicted molar refractivity (Wildman–Crippen MR) is 67.2 cm³/mol. The molecular formula is C12H14ClFO3S. The largest absolute Gasteiger partial charge is 0.375 e. The Balaban J connectivity index is 2.08. The monoisotopic (exact) mass is 292 g/mol. The van der Waals surface area contributed by atoms with Crippen LogP contribution in [-0.2, 0) is 13.8 Å². The van der Waals surface area contributed by atoms with Gasteiger partial charge in [-0.25, -0.2) is 12.8 Å². The quantitative estimate of drug-likeness (QED) is 0.784. The third kappa shape index (κ3) is 3.02. The molecule has 18 heavy (non-hydrogen) atoms. The molecule has 100 valence electrons. The molecule has 0 aromatic heterocycles. The second kappa shape index (κ2) is 5.55. The molecule has 0 radical (unpaired) electrons. The minimum atomic E-state index is -3.72. The molecule has 0 spiro atoms. The highest BCUT2D eigenvalue weighted by Gasteiger charge is 2.34. The Hall–Kier alpha value is -0.650. The lowest BCUT2D eigenvalue weighted by molar-refractivity contribution is -0.0158. The molecule has 2 rings (SSSR count). The number of rotatable bonds is 5. The van der Waals surface area contributed by atoms with Gasteiger partial charge >= 0.3 is 0 Å². The van der Waals surface area contributed by atoms with Gasteiger partial charge in [0.15, 0.2) is 0 Å². The molecule has 0 N–H and O–H groups in total. The van der Waals surface area contributed by atoms with Crippen molar-refractivity contribution in [1.82, 2.24) is 0 Å². The molecule has 0 heterocycles. The van der Waals surface area contributed by atoms with Crippen molar-refractivity contribution in [1.29, 1.82) is 0 Å². The second-order valence-electron chi connectivity index (χ2n) is 4.33. The van der Waals surface area contributed by atoms with Crippen molar-refractivity contribution in [2.24, 2.45) is 0 Å². The van der Waals surface area contributed by atoms with E-state index < -0.39 is 15.7 Å². The van der Waals surface area contributed by atoms with Gasteiger partial charge in [-0.15, -0.1) is 0 Å². The molecule has 0 unspecified atom stereocenters. The first-order chi connectivity index (χ1) is 8.52. The summed E-state index contributed by atoms with van der Waals surface area (Å²) in [4.78, 5) is 0.167. The van der Waals surface area contributed by atoms with E-state index in [4.69, 9.17) is 15.4 Å². The van der Waals surface area contributed by atoms with E-state index >= 15 is 0 Å². The maximum Gasteiger partial charge on any atom is 0.261 e. The number of benzene rings is 1. The summed E-state index contributed by atoms with van der Waals surface area (Å²) in [6, 6.07) is 6.71. The standard InChI is InChI=1S/C12H14ClFO3S/c13-18(15,16)12-4-2-1-3-11(12)9-7-10(8-9)17-6-5-14/h1-4,9-10H,5-8H2. The van der Waals surface area contributed by atoms with Crippen molar-refractivity contribution in [3.8, 4) is 0 Å². The van der Waals surface area contributed by atoms with Crippen LogP contribution in [0.25, 0.3) is 0 Å². The Bertz CT molecular complexity index is 512. The molecule has 3 nitrogen and oxygen atoms in total. The minimum absolute atomic E-state index is 0.0248. The second-order valence-corrected chi connectivity index (χ2v) is 6.86. The van der Waals surface area contributed by atoms with Gasteiger partial charge in [0.05, 0.1) is 17.6 Å². The van der Waals surface area contributed by atoms with Crippen molar-refractivity contribution in [2.45, 2.75) is 29.8 Å². The van der Waals surface area contributed by atoms with Gasteiger partial charge in [0, 0.05) is 10.7 Å². The summed E-state index contributed by atoms with van der Waals surface area (Å²) in [5.74, 6) is 0.124. The van der Waals surface area contributed by atoms with Crippen molar-refractivity contribution < 1.29 is 17.5 Å².